The van der Waals surface area contributed by atoms with Gasteiger partial charge >= 0.3 is 0 Å². The van der Waals surface area contributed by atoms with E-state index in [1.54, 1.807) is 0 Å². The molecule has 2 aromatic carbocycles. The van der Waals surface area contributed by atoms with Gasteiger partial charge < -0.3 is 10.2 Å². The maximum absolute atomic E-state index is 13.1. The number of halogens is 1. The zero-order chi connectivity index (χ0) is 15.2. The number of anilines is 2. The molecule has 0 saturated heterocycles. The Morgan fingerprint density at radius 1 is 1.05 bits per heavy atom. The summed E-state index contributed by atoms with van der Waals surface area (Å²) < 4.78 is 13.1. The first-order chi connectivity index (χ1) is 10.1. The van der Waals surface area contributed by atoms with E-state index in [1.165, 1.54) is 23.4 Å². The maximum atomic E-state index is 13.1. The molecule has 0 atom stereocenters. The van der Waals surface area contributed by atoms with Gasteiger partial charge in [-0.05, 0) is 42.8 Å². The van der Waals surface area contributed by atoms with Gasteiger partial charge in [0.25, 0.3) is 0 Å². The van der Waals surface area contributed by atoms with Gasteiger partial charge in [0.1, 0.15) is 5.82 Å². The molecular formula is C18H23FN2. The zero-order valence-electron chi connectivity index (χ0n) is 12.9. The molecule has 21 heavy (non-hydrogen) atoms. The third-order valence-corrected chi connectivity index (χ3v) is 3.44. The molecule has 0 unspecified atom stereocenters. The fourth-order valence-corrected chi connectivity index (χ4v) is 2.35. The molecule has 3 heteroatoms. The first-order valence-corrected chi connectivity index (χ1v) is 7.46. The highest BCUT2D eigenvalue weighted by atomic mass is 19.1. The van der Waals surface area contributed by atoms with Crippen molar-refractivity contribution in [2.24, 2.45) is 0 Å². The number of rotatable bonds is 6. The number of nitrogens with one attached hydrogen (secondary N) is 1. The van der Waals surface area contributed by atoms with E-state index in [-0.39, 0.29) is 5.82 Å². The lowest BCUT2D eigenvalue weighted by atomic mass is 10.1. The Labute approximate surface area is 126 Å². The van der Waals surface area contributed by atoms with Crippen LogP contribution in [0.4, 0.5) is 15.8 Å². The fourth-order valence-electron chi connectivity index (χ4n) is 2.35. The monoisotopic (exact) mass is 286 g/mol. The van der Waals surface area contributed by atoms with Crippen molar-refractivity contribution in [1.82, 2.24) is 5.32 Å². The molecule has 0 radical (unpaired) electrons. The first-order valence-electron chi connectivity index (χ1n) is 7.46. The highest BCUT2D eigenvalue weighted by Gasteiger charge is 2.11. The summed E-state index contributed by atoms with van der Waals surface area (Å²) in [4.78, 5) is 2.21. The second-order valence-corrected chi connectivity index (χ2v) is 5.38. The van der Waals surface area contributed by atoms with Crippen LogP contribution < -0.4 is 10.2 Å². The van der Waals surface area contributed by atoms with Crippen LogP contribution in [0.25, 0.3) is 0 Å². The summed E-state index contributed by atoms with van der Waals surface area (Å²) in [7, 11) is 0. The van der Waals surface area contributed by atoms with Gasteiger partial charge in [0, 0.05) is 30.5 Å². The third kappa shape index (κ3) is 4.05. The van der Waals surface area contributed by atoms with Gasteiger partial charge in [-0.2, -0.15) is 0 Å². The Morgan fingerprint density at radius 3 is 2.33 bits per heavy atom. The molecule has 1 N–H and O–H groups in total. The van der Waals surface area contributed by atoms with E-state index in [0.29, 0.717) is 6.04 Å². The molecule has 2 nitrogen and oxygen atoms in total. The molecule has 0 heterocycles. The van der Waals surface area contributed by atoms with Crippen molar-refractivity contribution in [3.05, 3.63) is 59.9 Å². The van der Waals surface area contributed by atoms with Gasteiger partial charge in [-0.3, -0.25) is 0 Å². The predicted octanol–water partition coefficient (Wildman–Crippen LogP) is 4.48. The summed E-state index contributed by atoms with van der Waals surface area (Å²) in [6.45, 7) is 8.05. The molecule has 0 fully saturated rings. The minimum atomic E-state index is -0.204. The quantitative estimate of drug-likeness (QED) is 0.842. The van der Waals surface area contributed by atoms with Crippen LogP contribution in [-0.2, 0) is 6.54 Å². The summed E-state index contributed by atoms with van der Waals surface area (Å²) in [6.07, 6.45) is 0. The smallest absolute Gasteiger partial charge is 0.123 e. The van der Waals surface area contributed by atoms with Crippen LogP contribution in [0.15, 0.2) is 48.5 Å². The van der Waals surface area contributed by atoms with E-state index in [4.69, 9.17) is 0 Å². The van der Waals surface area contributed by atoms with E-state index in [1.807, 2.05) is 18.2 Å². The average Bonchev–Trinajstić information content (AvgIpc) is 2.49. The van der Waals surface area contributed by atoms with E-state index in [9.17, 15) is 4.39 Å². The summed E-state index contributed by atoms with van der Waals surface area (Å²) in [5, 5.41) is 3.46. The highest BCUT2D eigenvalue weighted by molar-refractivity contribution is 5.66. The van der Waals surface area contributed by atoms with Crippen LogP contribution in [0.5, 0.6) is 0 Å². The lowest BCUT2D eigenvalue weighted by molar-refractivity contribution is 0.588. The summed E-state index contributed by atoms with van der Waals surface area (Å²) in [6, 6.07) is 15.5. The molecule has 0 saturated carbocycles. The Morgan fingerprint density at radius 2 is 1.71 bits per heavy atom. The number of hydrogen-bond donors (Lipinski definition) is 1. The molecule has 2 aromatic rings. The predicted molar refractivity (Wildman–Crippen MR) is 87.5 cm³/mol. The molecule has 0 aliphatic heterocycles. The molecule has 0 bridgehead atoms. The molecule has 0 spiro atoms. The van der Waals surface area contributed by atoms with Crippen LogP contribution in [0.1, 0.15) is 26.3 Å². The van der Waals surface area contributed by atoms with Crippen molar-refractivity contribution in [3.8, 4) is 0 Å². The molecule has 0 amide bonds. The minimum absolute atomic E-state index is 0.204. The van der Waals surface area contributed by atoms with E-state index in [0.717, 1.165) is 18.8 Å². The summed E-state index contributed by atoms with van der Waals surface area (Å²) in [5.74, 6) is -0.204. The number of hydrogen-bond acceptors (Lipinski definition) is 2. The standard InChI is InChI=1S/C18H23FN2/c1-4-21(17-11-9-16(19)10-12-17)18-8-6-5-7-15(18)13-20-14(2)3/h5-12,14,20H,4,13H2,1-3H3. The second kappa shape index (κ2) is 7.23. The highest BCUT2D eigenvalue weighted by Crippen LogP contribution is 2.28. The van der Waals surface area contributed by atoms with Crippen molar-refractivity contribution in [3.63, 3.8) is 0 Å². The Bertz CT molecular complexity index is 564. The van der Waals surface area contributed by atoms with Gasteiger partial charge in [-0.15, -0.1) is 0 Å². The van der Waals surface area contributed by atoms with Crippen LogP contribution in [0.2, 0.25) is 0 Å². The van der Waals surface area contributed by atoms with E-state index >= 15 is 0 Å². The largest absolute Gasteiger partial charge is 0.342 e. The van der Waals surface area contributed by atoms with Crippen molar-refractivity contribution in [1.29, 1.82) is 0 Å². The summed E-state index contributed by atoms with van der Waals surface area (Å²) >= 11 is 0. The number of nitrogens with zero attached hydrogens (tertiary/aromatic N) is 1. The Hall–Kier alpha value is -1.87. The zero-order valence-corrected chi connectivity index (χ0v) is 12.9. The van der Waals surface area contributed by atoms with Gasteiger partial charge in [0.2, 0.25) is 0 Å². The van der Waals surface area contributed by atoms with Gasteiger partial charge in [0.15, 0.2) is 0 Å². The lowest BCUT2D eigenvalue weighted by Gasteiger charge is -2.26. The van der Waals surface area contributed by atoms with Crippen molar-refractivity contribution >= 4 is 11.4 Å². The SMILES string of the molecule is CCN(c1ccc(F)cc1)c1ccccc1CNC(C)C. The second-order valence-electron chi connectivity index (χ2n) is 5.38. The van der Waals surface area contributed by atoms with Gasteiger partial charge in [-0.1, -0.05) is 32.0 Å². The molecule has 112 valence electrons. The van der Waals surface area contributed by atoms with Crippen LogP contribution in [0, 0.1) is 5.82 Å². The molecule has 0 aliphatic rings. The van der Waals surface area contributed by atoms with Crippen molar-refractivity contribution in [2.45, 2.75) is 33.4 Å². The Kier molecular flexibility index (Phi) is 5.34. The Balaban J connectivity index is 2.31. The molecular weight excluding hydrogens is 263 g/mol. The van der Waals surface area contributed by atoms with Crippen LogP contribution in [0.3, 0.4) is 0 Å². The molecule has 0 aromatic heterocycles. The van der Waals surface area contributed by atoms with E-state index < -0.39 is 0 Å². The van der Waals surface area contributed by atoms with Crippen LogP contribution >= 0.6 is 0 Å². The fraction of sp³-hybridized carbons (Fsp3) is 0.333. The van der Waals surface area contributed by atoms with Crippen LogP contribution in [-0.4, -0.2) is 12.6 Å². The lowest BCUT2D eigenvalue weighted by Crippen LogP contribution is -2.24. The number of para-hydroxylation sites is 1. The van der Waals surface area contributed by atoms with Gasteiger partial charge in [-0.25, -0.2) is 4.39 Å². The molecule has 0 aliphatic carbocycles. The first kappa shape index (κ1) is 15.5. The normalized spacial score (nSPS) is 10.9. The topological polar surface area (TPSA) is 15.3 Å². The summed E-state index contributed by atoms with van der Waals surface area (Å²) in [5.41, 5.74) is 3.42. The van der Waals surface area contributed by atoms with Gasteiger partial charge in [0.05, 0.1) is 0 Å². The van der Waals surface area contributed by atoms with E-state index in [2.05, 4.69) is 49.2 Å². The average molecular weight is 286 g/mol. The molecule has 2 rings (SSSR count). The van der Waals surface area contributed by atoms with Crippen molar-refractivity contribution in [2.75, 3.05) is 11.4 Å². The maximum Gasteiger partial charge on any atom is 0.123 e. The third-order valence-electron chi connectivity index (χ3n) is 3.44. The minimum Gasteiger partial charge on any atom is -0.342 e. The number of benzene rings is 2. The van der Waals surface area contributed by atoms with Crippen molar-refractivity contribution < 1.29 is 4.39 Å².